The Labute approximate surface area is 138 Å². The Bertz CT molecular complexity index is 724. The minimum atomic E-state index is -0.891. The summed E-state index contributed by atoms with van der Waals surface area (Å²) < 4.78 is 13.7. The molecule has 5 nitrogen and oxygen atoms in total. The van der Waals surface area contributed by atoms with Crippen molar-refractivity contribution in [1.82, 2.24) is 14.7 Å². The first kappa shape index (κ1) is 15.9. The number of aromatic nitrogens is 2. The van der Waals surface area contributed by atoms with Gasteiger partial charge in [-0.1, -0.05) is 19.1 Å². The molecule has 6 heteroatoms. The monoisotopic (exact) mass is 331 g/mol. The number of carbonyl (C=O) groups excluding carboxylic acids is 1. The van der Waals surface area contributed by atoms with Crippen LogP contribution in [0.4, 0.5) is 0 Å². The molecule has 0 saturated carbocycles. The van der Waals surface area contributed by atoms with Crippen LogP contribution in [0.5, 0.6) is 0 Å². The van der Waals surface area contributed by atoms with E-state index in [4.69, 9.17) is 0 Å². The van der Waals surface area contributed by atoms with Crippen molar-refractivity contribution in [1.29, 1.82) is 0 Å². The molecule has 0 N–H and O–H groups in total. The lowest BCUT2D eigenvalue weighted by Crippen LogP contribution is -2.44. The van der Waals surface area contributed by atoms with Crippen molar-refractivity contribution in [2.45, 2.75) is 19.4 Å². The maximum atomic E-state index is 12.9. The summed E-state index contributed by atoms with van der Waals surface area (Å²) in [6.45, 7) is 2.61. The fourth-order valence-corrected chi connectivity index (χ4v) is 4.18. The average molecular weight is 331 g/mol. The normalized spacial score (nSPS) is 21.4. The quantitative estimate of drug-likeness (QED) is 0.863. The topological polar surface area (TPSA) is 55.2 Å². The first-order chi connectivity index (χ1) is 11.1. The Kier molecular flexibility index (Phi) is 4.61. The van der Waals surface area contributed by atoms with Gasteiger partial charge in [0, 0.05) is 53.2 Å². The number of hydrogen-bond acceptors (Lipinski definition) is 3. The second-order valence-electron chi connectivity index (χ2n) is 5.82. The molecule has 2 aromatic rings. The molecule has 1 aromatic heterocycles. The lowest BCUT2D eigenvalue weighted by atomic mass is 10.1. The van der Waals surface area contributed by atoms with E-state index in [-0.39, 0.29) is 11.9 Å². The number of carbonyl (C=O) groups is 1. The smallest absolute Gasteiger partial charge is 0.254 e. The lowest BCUT2D eigenvalue weighted by molar-refractivity contribution is 0.0699. The molecule has 3 rings (SSSR count). The van der Waals surface area contributed by atoms with Crippen LogP contribution < -0.4 is 0 Å². The van der Waals surface area contributed by atoms with Gasteiger partial charge < -0.3 is 4.90 Å². The van der Waals surface area contributed by atoms with Gasteiger partial charge in [-0.15, -0.1) is 0 Å². The summed E-state index contributed by atoms with van der Waals surface area (Å²) in [7, 11) is 0.955. The summed E-state index contributed by atoms with van der Waals surface area (Å²) in [6, 6.07) is 7.58. The Balaban J connectivity index is 1.87. The second-order valence-corrected chi connectivity index (χ2v) is 7.44. The summed E-state index contributed by atoms with van der Waals surface area (Å²) in [5.41, 5.74) is 2.84. The van der Waals surface area contributed by atoms with Crippen LogP contribution in [-0.4, -0.2) is 42.8 Å². The van der Waals surface area contributed by atoms with Gasteiger partial charge in [0.2, 0.25) is 0 Å². The molecule has 1 aliphatic rings. The molecule has 1 amide bonds. The van der Waals surface area contributed by atoms with E-state index in [1.165, 1.54) is 5.56 Å². The highest BCUT2D eigenvalue weighted by molar-refractivity contribution is 7.85. The zero-order chi connectivity index (χ0) is 16.4. The van der Waals surface area contributed by atoms with Gasteiger partial charge in [-0.3, -0.25) is 13.7 Å². The summed E-state index contributed by atoms with van der Waals surface area (Å²) in [5.74, 6) is 1.01. The van der Waals surface area contributed by atoms with Gasteiger partial charge in [0.15, 0.2) is 0 Å². The average Bonchev–Trinajstić information content (AvgIpc) is 3.00. The molecular weight excluding hydrogens is 310 g/mol. The highest BCUT2D eigenvalue weighted by Crippen LogP contribution is 2.27. The predicted octanol–water partition coefficient (Wildman–Crippen LogP) is 1.93. The molecule has 1 aromatic carbocycles. The van der Waals surface area contributed by atoms with Crippen molar-refractivity contribution in [3.05, 3.63) is 53.3 Å². The van der Waals surface area contributed by atoms with E-state index < -0.39 is 10.8 Å². The predicted molar refractivity (Wildman–Crippen MR) is 90.7 cm³/mol. The molecule has 0 aliphatic carbocycles. The van der Waals surface area contributed by atoms with E-state index in [1.807, 2.05) is 42.4 Å². The van der Waals surface area contributed by atoms with Gasteiger partial charge in [-0.25, -0.2) is 0 Å². The second kappa shape index (κ2) is 6.66. The maximum absolute atomic E-state index is 12.9. The molecular formula is C17H21N3O2S. The van der Waals surface area contributed by atoms with Crippen molar-refractivity contribution in [2.24, 2.45) is 7.05 Å². The van der Waals surface area contributed by atoms with Crippen molar-refractivity contribution in [3.63, 3.8) is 0 Å². The molecule has 122 valence electrons. The number of aryl methyl sites for hydroxylation is 2. The Morgan fingerprint density at radius 3 is 2.70 bits per heavy atom. The largest absolute Gasteiger partial charge is 0.330 e. The van der Waals surface area contributed by atoms with Crippen LogP contribution >= 0.6 is 0 Å². The summed E-state index contributed by atoms with van der Waals surface area (Å²) >= 11 is 0. The van der Waals surface area contributed by atoms with E-state index >= 15 is 0 Å². The molecule has 23 heavy (non-hydrogen) atoms. The standard InChI is InChI=1S/C17H21N3O2S/c1-3-13-4-6-14(7-5-13)17(21)20-8-9-23(22)12-16(20)15-10-18-19(2)11-15/h4-7,10-11,16H,3,8-9,12H2,1-2H3. The van der Waals surface area contributed by atoms with Crippen LogP contribution in [0.1, 0.15) is 34.5 Å². The molecule has 2 unspecified atom stereocenters. The minimum Gasteiger partial charge on any atom is -0.330 e. The number of hydrogen-bond donors (Lipinski definition) is 0. The van der Waals surface area contributed by atoms with Gasteiger partial charge in [0.1, 0.15) is 0 Å². The molecule has 0 bridgehead atoms. The minimum absolute atomic E-state index is 0.00166. The molecule has 2 atom stereocenters. The lowest BCUT2D eigenvalue weighted by Gasteiger charge is -2.35. The fraction of sp³-hybridized carbons (Fsp3) is 0.412. The van der Waals surface area contributed by atoms with E-state index in [0.717, 1.165) is 12.0 Å². The van der Waals surface area contributed by atoms with E-state index in [2.05, 4.69) is 12.0 Å². The van der Waals surface area contributed by atoms with E-state index in [0.29, 0.717) is 23.6 Å². The molecule has 1 saturated heterocycles. The Morgan fingerprint density at radius 1 is 1.35 bits per heavy atom. The Hall–Kier alpha value is -1.95. The van der Waals surface area contributed by atoms with Gasteiger partial charge in [0.25, 0.3) is 5.91 Å². The summed E-state index contributed by atoms with van der Waals surface area (Å²) in [5, 5.41) is 4.19. The van der Waals surface area contributed by atoms with Crippen molar-refractivity contribution < 1.29 is 9.00 Å². The van der Waals surface area contributed by atoms with Gasteiger partial charge in [-0.05, 0) is 24.1 Å². The van der Waals surface area contributed by atoms with Crippen LogP contribution in [0.3, 0.4) is 0 Å². The number of nitrogens with zero attached hydrogens (tertiary/aromatic N) is 3. The zero-order valence-electron chi connectivity index (χ0n) is 13.4. The molecule has 0 radical (unpaired) electrons. The first-order valence-electron chi connectivity index (χ1n) is 7.82. The number of amides is 1. The van der Waals surface area contributed by atoms with Gasteiger partial charge in [0.05, 0.1) is 12.2 Å². The van der Waals surface area contributed by atoms with E-state index in [1.54, 1.807) is 10.9 Å². The maximum Gasteiger partial charge on any atom is 0.254 e. The van der Waals surface area contributed by atoms with Crippen LogP contribution in [0.2, 0.25) is 0 Å². The zero-order valence-corrected chi connectivity index (χ0v) is 14.3. The summed E-state index contributed by atoms with van der Waals surface area (Å²) in [4.78, 5) is 14.7. The van der Waals surface area contributed by atoms with Crippen molar-refractivity contribution >= 4 is 16.7 Å². The molecule has 0 spiro atoms. The molecule has 1 aliphatic heterocycles. The highest BCUT2D eigenvalue weighted by atomic mass is 32.2. The van der Waals surface area contributed by atoms with Crippen LogP contribution in [0.25, 0.3) is 0 Å². The first-order valence-corrected chi connectivity index (χ1v) is 9.30. The molecule has 2 heterocycles. The highest BCUT2D eigenvalue weighted by Gasteiger charge is 2.32. The van der Waals surface area contributed by atoms with Gasteiger partial charge in [-0.2, -0.15) is 5.10 Å². The van der Waals surface area contributed by atoms with Crippen molar-refractivity contribution in [2.75, 3.05) is 18.1 Å². The number of rotatable bonds is 3. The van der Waals surface area contributed by atoms with Crippen LogP contribution in [-0.2, 0) is 24.3 Å². The molecule has 1 fully saturated rings. The van der Waals surface area contributed by atoms with Crippen LogP contribution in [0, 0.1) is 0 Å². The summed E-state index contributed by atoms with van der Waals surface area (Å²) in [6.07, 6.45) is 4.61. The van der Waals surface area contributed by atoms with Crippen molar-refractivity contribution in [3.8, 4) is 0 Å². The van der Waals surface area contributed by atoms with Crippen LogP contribution in [0.15, 0.2) is 36.7 Å². The SMILES string of the molecule is CCc1ccc(C(=O)N2CCS(=O)CC2c2cnn(C)c2)cc1. The fourth-order valence-electron chi connectivity index (χ4n) is 2.89. The third kappa shape index (κ3) is 3.37. The third-order valence-electron chi connectivity index (χ3n) is 4.26. The van der Waals surface area contributed by atoms with Gasteiger partial charge >= 0.3 is 0 Å². The third-order valence-corrected chi connectivity index (χ3v) is 5.58. The van der Waals surface area contributed by atoms with E-state index in [9.17, 15) is 9.00 Å². The number of benzene rings is 1. The Morgan fingerprint density at radius 2 is 2.09 bits per heavy atom.